The number of rotatable bonds is 4. The van der Waals surface area contributed by atoms with Gasteiger partial charge in [-0.1, -0.05) is 19.3 Å². The Labute approximate surface area is 114 Å². The normalized spacial score (nSPS) is 17.8. The van der Waals surface area contributed by atoms with Gasteiger partial charge in [-0.15, -0.1) is 0 Å². The summed E-state index contributed by atoms with van der Waals surface area (Å²) >= 11 is 0. The molecule has 1 amide bonds. The van der Waals surface area contributed by atoms with Gasteiger partial charge in [-0.25, -0.2) is 9.97 Å². The second-order valence-electron chi connectivity index (χ2n) is 5.20. The second-order valence-corrected chi connectivity index (χ2v) is 5.20. The number of carbonyl (C=O) groups excluding carboxylic acids is 1. The molecule has 0 radical (unpaired) electrons. The summed E-state index contributed by atoms with van der Waals surface area (Å²) in [5, 5.41) is 5.92. The van der Waals surface area contributed by atoms with Gasteiger partial charge in [-0.2, -0.15) is 0 Å². The van der Waals surface area contributed by atoms with Gasteiger partial charge in [0.2, 0.25) is 0 Å². The van der Waals surface area contributed by atoms with Gasteiger partial charge in [0, 0.05) is 13.1 Å². The molecule has 1 aromatic heterocycles. The van der Waals surface area contributed by atoms with Gasteiger partial charge in [0.05, 0.1) is 12.4 Å². The maximum Gasteiger partial charge on any atom is 0.271 e. The Morgan fingerprint density at radius 3 is 2.58 bits per heavy atom. The minimum atomic E-state index is -0.131. The predicted molar refractivity (Wildman–Crippen MR) is 75.1 cm³/mol. The van der Waals surface area contributed by atoms with E-state index in [2.05, 4.69) is 27.5 Å². The van der Waals surface area contributed by atoms with E-state index in [4.69, 9.17) is 0 Å². The zero-order valence-electron chi connectivity index (χ0n) is 11.6. The van der Waals surface area contributed by atoms with Crippen molar-refractivity contribution in [3.05, 3.63) is 18.1 Å². The lowest BCUT2D eigenvalue weighted by Crippen LogP contribution is -2.39. The molecule has 0 aromatic carbocycles. The van der Waals surface area contributed by atoms with Gasteiger partial charge in [0.1, 0.15) is 11.5 Å². The highest BCUT2D eigenvalue weighted by atomic mass is 16.1. The monoisotopic (exact) mass is 262 g/mol. The molecule has 1 aliphatic carbocycles. The van der Waals surface area contributed by atoms with Gasteiger partial charge >= 0.3 is 0 Å². The summed E-state index contributed by atoms with van der Waals surface area (Å²) in [6.45, 7) is 2.09. The van der Waals surface area contributed by atoms with Crippen LogP contribution >= 0.6 is 0 Å². The van der Waals surface area contributed by atoms with E-state index in [0.717, 1.165) is 0 Å². The summed E-state index contributed by atoms with van der Waals surface area (Å²) < 4.78 is 0. The molecule has 5 heteroatoms. The SMILES string of the molecule is CNc1cnc(C(=O)NC(C)C2CCCCC2)cn1. The van der Waals surface area contributed by atoms with Crippen molar-refractivity contribution in [2.75, 3.05) is 12.4 Å². The van der Waals surface area contributed by atoms with Crippen LogP contribution in [0.15, 0.2) is 12.4 Å². The maximum absolute atomic E-state index is 12.1. The maximum atomic E-state index is 12.1. The zero-order chi connectivity index (χ0) is 13.7. The van der Waals surface area contributed by atoms with Crippen molar-refractivity contribution in [1.82, 2.24) is 15.3 Å². The van der Waals surface area contributed by atoms with Crippen LogP contribution in [0.3, 0.4) is 0 Å². The lowest BCUT2D eigenvalue weighted by atomic mass is 9.84. The molecule has 0 saturated heterocycles. The fourth-order valence-corrected chi connectivity index (χ4v) is 2.61. The summed E-state index contributed by atoms with van der Waals surface area (Å²) in [5.41, 5.74) is 0.377. The van der Waals surface area contributed by atoms with Crippen molar-refractivity contribution in [3.8, 4) is 0 Å². The van der Waals surface area contributed by atoms with E-state index in [9.17, 15) is 4.79 Å². The highest BCUT2D eigenvalue weighted by Crippen LogP contribution is 2.26. The summed E-state index contributed by atoms with van der Waals surface area (Å²) in [5.74, 6) is 1.13. The average Bonchev–Trinajstić information content (AvgIpc) is 2.48. The van der Waals surface area contributed by atoms with Crippen LogP contribution in [0.4, 0.5) is 5.82 Å². The molecule has 1 unspecified atom stereocenters. The van der Waals surface area contributed by atoms with E-state index < -0.39 is 0 Å². The van der Waals surface area contributed by atoms with Crippen molar-refractivity contribution < 1.29 is 4.79 Å². The van der Waals surface area contributed by atoms with Crippen LogP contribution < -0.4 is 10.6 Å². The molecule has 1 atom stereocenters. The highest BCUT2D eigenvalue weighted by molar-refractivity contribution is 5.92. The highest BCUT2D eigenvalue weighted by Gasteiger charge is 2.22. The van der Waals surface area contributed by atoms with Crippen molar-refractivity contribution in [3.63, 3.8) is 0 Å². The summed E-state index contributed by atoms with van der Waals surface area (Å²) in [4.78, 5) is 20.3. The topological polar surface area (TPSA) is 66.9 Å². The number of carbonyl (C=O) groups is 1. The number of aromatic nitrogens is 2. The molecular formula is C14H22N4O. The molecule has 2 rings (SSSR count). The van der Waals surface area contributed by atoms with E-state index in [1.165, 1.54) is 38.3 Å². The lowest BCUT2D eigenvalue weighted by molar-refractivity contribution is 0.0914. The molecule has 1 fully saturated rings. The van der Waals surface area contributed by atoms with E-state index in [0.29, 0.717) is 17.4 Å². The first-order valence-electron chi connectivity index (χ1n) is 7.01. The lowest BCUT2D eigenvalue weighted by Gasteiger charge is -2.28. The minimum absolute atomic E-state index is 0.131. The number of hydrogen-bond acceptors (Lipinski definition) is 4. The molecule has 5 nitrogen and oxygen atoms in total. The molecule has 0 bridgehead atoms. The Hall–Kier alpha value is -1.65. The van der Waals surface area contributed by atoms with E-state index >= 15 is 0 Å². The summed E-state index contributed by atoms with van der Waals surface area (Å²) in [7, 11) is 1.77. The minimum Gasteiger partial charge on any atom is -0.372 e. The largest absolute Gasteiger partial charge is 0.372 e. The van der Waals surface area contributed by atoms with Crippen LogP contribution in [0.1, 0.15) is 49.5 Å². The third kappa shape index (κ3) is 3.66. The van der Waals surface area contributed by atoms with Crippen LogP contribution in [0.5, 0.6) is 0 Å². The van der Waals surface area contributed by atoms with E-state index in [1.807, 2.05) is 0 Å². The molecule has 1 heterocycles. The molecule has 1 saturated carbocycles. The van der Waals surface area contributed by atoms with E-state index in [1.54, 1.807) is 13.2 Å². The first-order valence-corrected chi connectivity index (χ1v) is 7.01. The number of anilines is 1. The van der Waals surface area contributed by atoms with Gasteiger partial charge in [0.15, 0.2) is 0 Å². The third-order valence-corrected chi connectivity index (χ3v) is 3.86. The molecule has 0 spiro atoms. The van der Waals surface area contributed by atoms with Crippen molar-refractivity contribution in [2.45, 2.75) is 45.1 Å². The van der Waals surface area contributed by atoms with Crippen LogP contribution in [0.2, 0.25) is 0 Å². The van der Waals surface area contributed by atoms with Gasteiger partial charge < -0.3 is 10.6 Å². The molecule has 104 valence electrons. The number of nitrogens with zero attached hydrogens (tertiary/aromatic N) is 2. The predicted octanol–water partition coefficient (Wildman–Crippen LogP) is 2.22. The van der Waals surface area contributed by atoms with Crippen molar-refractivity contribution in [2.24, 2.45) is 5.92 Å². The Morgan fingerprint density at radius 2 is 2.00 bits per heavy atom. The second kappa shape index (κ2) is 6.50. The molecular weight excluding hydrogens is 240 g/mol. The van der Waals surface area contributed by atoms with Crippen molar-refractivity contribution >= 4 is 11.7 Å². The molecule has 2 N–H and O–H groups in total. The van der Waals surface area contributed by atoms with Crippen LogP contribution in [0.25, 0.3) is 0 Å². The zero-order valence-corrected chi connectivity index (χ0v) is 11.6. The Kier molecular flexibility index (Phi) is 4.71. The molecule has 1 aromatic rings. The average molecular weight is 262 g/mol. The fourth-order valence-electron chi connectivity index (χ4n) is 2.61. The Bertz CT molecular complexity index is 412. The van der Waals surface area contributed by atoms with Gasteiger partial charge in [-0.05, 0) is 25.7 Å². The van der Waals surface area contributed by atoms with Gasteiger partial charge in [-0.3, -0.25) is 4.79 Å². The number of nitrogens with one attached hydrogen (secondary N) is 2. The molecule has 19 heavy (non-hydrogen) atoms. The summed E-state index contributed by atoms with van der Waals surface area (Å²) in [6, 6.07) is 0.207. The smallest absolute Gasteiger partial charge is 0.271 e. The van der Waals surface area contributed by atoms with Crippen LogP contribution in [-0.4, -0.2) is 29.0 Å². The summed E-state index contributed by atoms with van der Waals surface area (Å²) in [6.07, 6.45) is 9.39. The first kappa shape index (κ1) is 13.8. The van der Waals surface area contributed by atoms with Gasteiger partial charge in [0.25, 0.3) is 5.91 Å². The number of amides is 1. The number of hydrogen-bond donors (Lipinski definition) is 2. The van der Waals surface area contributed by atoms with Crippen LogP contribution in [-0.2, 0) is 0 Å². The molecule has 1 aliphatic rings. The third-order valence-electron chi connectivity index (χ3n) is 3.86. The Balaban J connectivity index is 1.91. The van der Waals surface area contributed by atoms with Crippen LogP contribution in [0, 0.1) is 5.92 Å². The molecule has 0 aliphatic heterocycles. The first-order chi connectivity index (χ1) is 9.20. The standard InChI is InChI=1S/C14H22N4O/c1-10(11-6-4-3-5-7-11)18-14(19)12-8-17-13(15-2)9-16-12/h8-11H,3-7H2,1-2H3,(H,15,17)(H,18,19). The Morgan fingerprint density at radius 1 is 1.26 bits per heavy atom. The van der Waals surface area contributed by atoms with Crippen molar-refractivity contribution in [1.29, 1.82) is 0 Å². The quantitative estimate of drug-likeness (QED) is 0.873. The van der Waals surface area contributed by atoms with E-state index in [-0.39, 0.29) is 11.9 Å². The fraction of sp³-hybridized carbons (Fsp3) is 0.643.